The predicted octanol–water partition coefficient (Wildman–Crippen LogP) is 2.02. The van der Waals surface area contributed by atoms with Crippen molar-refractivity contribution in [1.29, 1.82) is 0 Å². The summed E-state index contributed by atoms with van der Waals surface area (Å²) in [6, 6.07) is 0. The number of fused-ring (bicyclic) bond motifs is 1. The molecular formula is C23H43BN3O4. The van der Waals surface area contributed by atoms with E-state index >= 15 is 0 Å². The zero-order valence-electron chi connectivity index (χ0n) is 20.7. The highest BCUT2D eigenvalue weighted by Crippen LogP contribution is 2.49. The quantitative estimate of drug-likeness (QED) is 0.327. The van der Waals surface area contributed by atoms with Gasteiger partial charge in [-0.2, -0.15) is 0 Å². The Balaban J connectivity index is 2.10. The summed E-state index contributed by atoms with van der Waals surface area (Å²) < 4.78 is 5.84. The number of carbonyl (C=O) groups excluding carboxylic acids is 2. The smallest absolute Gasteiger partial charge is 0.293 e. The minimum Gasteiger partial charge on any atom is -0.433 e. The second-order valence-corrected chi connectivity index (χ2v) is 11.5. The molecule has 2 rings (SSSR count). The summed E-state index contributed by atoms with van der Waals surface area (Å²) >= 11 is 0. The number of rotatable bonds is 9. The Labute approximate surface area is 189 Å². The van der Waals surface area contributed by atoms with Crippen LogP contribution in [-0.4, -0.2) is 59.8 Å². The number of hydrogen-bond acceptors (Lipinski definition) is 5. The molecule has 1 heterocycles. The third-order valence-electron chi connectivity index (χ3n) is 7.11. The van der Waals surface area contributed by atoms with Crippen LogP contribution >= 0.6 is 0 Å². The molecule has 31 heavy (non-hydrogen) atoms. The van der Waals surface area contributed by atoms with E-state index in [1.54, 1.807) is 21.3 Å². The standard InChI is InChI=1S/C23H43BN3O4/c1-15(28)26-23(19(29)27-20(2,3)4)12-16-13-25-14-17(16)18(23)10-9-11-24-31-22(7,8)21(5,6)30/h16-18,25,30H,9-14H2,1-8H3,(H,26,28)(H,27,29)/t16-,17+,18-,23-/m0/s1. The zero-order chi connectivity index (χ0) is 23.7. The van der Waals surface area contributed by atoms with Crippen molar-refractivity contribution in [2.75, 3.05) is 13.1 Å². The maximum absolute atomic E-state index is 13.5. The van der Waals surface area contributed by atoms with Crippen molar-refractivity contribution in [3.63, 3.8) is 0 Å². The second-order valence-electron chi connectivity index (χ2n) is 11.5. The van der Waals surface area contributed by atoms with Gasteiger partial charge in [0.1, 0.15) is 5.54 Å². The van der Waals surface area contributed by atoms with Crippen molar-refractivity contribution in [2.24, 2.45) is 17.8 Å². The van der Waals surface area contributed by atoms with E-state index in [1.807, 2.05) is 34.6 Å². The van der Waals surface area contributed by atoms with Gasteiger partial charge in [-0.25, -0.2) is 0 Å². The normalized spacial score (nSPS) is 28.9. The predicted molar refractivity (Wildman–Crippen MR) is 124 cm³/mol. The highest BCUT2D eigenvalue weighted by Gasteiger charge is 2.59. The Bertz CT molecular complexity index is 656. The number of aliphatic hydroxyl groups is 1. The summed E-state index contributed by atoms with van der Waals surface area (Å²) in [6.07, 6.45) is 3.06. The molecule has 1 saturated carbocycles. The lowest BCUT2D eigenvalue weighted by molar-refractivity contribution is -0.136. The van der Waals surface area contributed by atoms with Gasteiger partial charge in [-0.3, -0.25) is 9.59 Å². The summed E-state index contributed by atoms with van der Waals surface area (Å²) in [4.78, 5) is 25.6. The van der Waals surface area contributed by atoms with Gasteiger partial charge in [-0.15, -0.1) is 0 Å². The molecule has 0 aromatic carbocycles. The molecule has 0 spiro atoms. The van der Waals surface area contributed by atoms with Gasteiger partial charge in [-0.1, -0.05) is 12.7 Å². The topological polar surface area (TPSA) is 99.7 Å². The van der Waals surface area contributed by atoms with Crippen LogP contribution < -0.4 is 16.0 Å². The van der Waals surface area contributed by atoms with Gasteiger partial charge < -0.3 is 25.7 Å². The second kappa shape index (κ2) is 9.40. The van der Waals surface area contributed by atoms with E-state index in [0.717, 1.165) is 32.3 Å². The fourth-order valence-corrected chi connectivity index (χ4v) is 4.90. The maximum atomic E-state index is 13.5. The van der Waals surface area contributed by atoms with Crippen molar-refractivity contribution in [2.45, 2.75) is 103 Å². The number of hydrogen-bond donors (Lipinski definition) is 4. The lowest BCUT2D eigenvalue weighted by Crippen LogP contribution is -2.64. The molecule has 0 aromatic rings. The van der Waals surface area contributed by atoms with Crippen LogP contribution in [0.5, 0.6) is 0 Å². The molecule has 2 fully saturated rings. The van der Waals surface area contributed by atoms with E-state index in [-0.39, 0.29) is 23.3 Å². The summed E-state index contributed by atoms with van der Waals surface area (Å²) in [5, 5.41) is 19.9. The van der Waals surface area contributed by atoms with Gasteiger partial charge in [0, 0.05) is 12.5 Å². The van der Waals surface area contributed by atoms with Crippen molar-refractivity contribution in [3.05, 3.63) is 0 Å². The molecule has 7 nitrogen and oxygen atoms in total. The summed E-state index contributed by atoms with van der Waals surface area (Å²) in [7, 11) is 1.77. The molecule has 1 saturated heterocycles. The molecule has 1 radical (unpaired) electrons. The molecule has 0 aromatic heterocycles. The zero-order valence-corrected chi connectivity index (χ0v) is 20.7. The fourth-order valence-electron chi connectivity index (χ4n) is 4.90. The molecule has 2 amide bonds. The molecule has 4 N–H and O–H groups in total. The van der Waals surface area contributed by atoms with Gasteiger partial charge >= 0.3 is 0 Å². The van der Waals surface area contributed by atoms with Gasteiger partial charge in [0.25, 0.3) is 7.48 Å². The first-order chi connectivity index (χ1) is 14.1. The Hall–Kier alpha value is -1.12. The summed E-state index contributed by atoms with van der Waals surface area (Å²) in [6.45, 7) is 16.4. The Kier molecular flexibility index (Phi) is 7.93. The van der Waals surface area contributed by atoms with E-state index in [2.05, 4.69) is 16.0 Å². The van der Waals surface area contributed by atoms with Crippen LogP contribution in [0.4, 0.5) is 0 Å². The molecule has 4 atom stereocenters. The Morgan fingerprint density at radius 1 is 1.16 bits per heavy atom. The van der Waals surface area contributed by atoms with E-state index in [4.69, 9.17) is 4.65 Å². The highest BCUT2D eigenvalue weighted by molar-refractivity contribution is 6.27. The van der Waals surface area contributed by atoms with Crippen molar-refractivity contribution in [3.8, 4) is 0 Å². The fraction of sp³-hybridized carbons (Fsp3) is 0.913. The first kappa shape index (κ1) is 26.1. The van der Waals surface area contributed by atoms with E-state index in [0.29, 0.717) is 18.3 Å². The molecule has 0 bridgehead atoms. The molecular weight excluding hydrogens is 393 g/mol. The maximum Gasteiger partial charge on any atom is 0.293 e. The third kappa shape index (κ3) is 6.23. The van der Waals surface area contributed by atoms with Crippen molar-refractivity contribution < 1.29 is 19.3 Å². The van der Waals surface area contributed by atoms with E-state index < -0.39 is 16.7 Å². The summed E-state index contributed by atoms with van der Waals surface area (Å²) in [5.41, 5.74) is -2.88. The van der Waals surface area contributed by atoms with Crippen LogP contribution in [0.1, 0.15) is 74.7 Å². The molecule has 1 aliphatic carbocycles. The third-order valence-corrected chi connectivity index (χ3v) is 7.11. The lowest BCUT2D eigenvalue weighted by atomic mass is 9.76. The SMILES string of the molecule is CC(=O)N[C@@]1(C(=O)NC(C)(C)C)C[C@H]2CNC[C@H]2[C@@H]1CCC[B]OC(C)(C)C(C)(C)O. The molecule has 8 heteroatoms. The highest BCUT2D eigenvalue weighted by atomic mass is 16.5. The first-order valence-electron chi connectivity index (χ1n) is 11.6. The van der Waals surface area contributed by atoms with Crippen molar-refractivity contribution >= 4 is 19.3 Å². The largest absolute Gasteiger partial charge is 0.433 e. The van der Waals surface area contributed by atoms with Crippen LogP contribution in [0.3, 0.4) is 0 Å². The van der Waals surface area contributed by atoms with Crippen LogP contribution in [0, 0.1) is 17.8 Å². The van der Waals surface area contributed by atoms with Gasteiger partial charge in [-0.05, 0) is 92.2 Å². The van der Waals surface area contributed by atoms with Crippen LogP contribution in [0.2, 0.25) is 6.32 Å². The number of amides is 2. The number of carbonyl (C=O) groups is 2. The molecule has 2 aliphatic rings. The minimum absolute atomic E-state index is 0.0643. The molecule has 1 aliphatic heterocycles. The lowest BCUT2D eigenvalue weighted by Gasteiger charge is -2.39. The molecule has 177 valence electrons. The average molecular weight is 436 g/mol. The van der Waals surface area contributed by atoms with Crippen LogP contribution in [0.15, 0.2) is 0 Å². The van der Waals surface area contributed by atoms with E-state index in [9.17, 15) is 14.7 Å². The average Bonchev–Trinajstić information content (AvgIpc) is 3.12. The van der Waals surface area contributed by atoms with Gasteiger partial charge in [0.2, 0.25) is 11.8 Å². The molecule has 0 unspecified atom stereocenters. The van der Waals surface area contributed by atoms with E-state index in [1.165, 1.54) is 6.92 Å². The monoisotopic (exact) mass is 436 g/mol. The van der Waals surface area contributed by atoms with Crippen LogP contribution in [-0.2, 0) is 14.2 Å². The van der Waals surface area contributed by atoms with Gasteiger partial charge in [0.05, 0.1) is 11.2 Å². The van der Waals surface area contributed by atoms with Crippen molar-refractivity contribution in [1.82, 2.24) is 16.0 Å². The Morgan fingerprint density at radius 2 is 1.81 bits per heavy atom. The number of nitrogens with one attached hydrogen (secondary N) is 3. The first-order valence-corrected chi connectivity index (χ1v) is 11.6. The minimum atomic E-state index is -0.955. The van der Waals surface area contributed by atoms with Crippen LogP contribution in [0.25, 0.3) is 0 Å². The van der Waals surface area contributed by atoms with Gasteiger partial charge in [0.15, 0.2) is 0 Å². The Morgan fingerprint density at radius 3 is 2.35 bits per heavy atom. The summed E-state index contributed by atoms with van der Waals surface area (Å²) in [5.74, 6) is 0.583.